The van der Waals surface area contributed by atoms with E-state index in [4.69, 9.17) is 9.47 Å². The van der Waals surface area contributed by atoms with E-state index in [0.29, 0.717) is 39.0 Å². The lowest BCUT2D eigenvalue weighted by molar-refractivity contribution is -0.145. The number of nitrogens with one attached hydrogen (secondary N) is 2. The number of ether oxygens (including phenoxy) is 2. The molecule has 204 valence electrons. The van der Waals surface area contributed by atoms with Crippen LogP contribution in [-0.4, -0.2) is 99.1 Å². The molecule has 2 aromatic carbocycles. The van der Waals surface area contributed by atoms with Gasteiger partial charge in [0.25, 0.3) is 0 Å². The molecule has 2 amide bonds. The molecule has 2 atom stereocenters. The van der Waals surface area contributed by atoms with E-state index in [1.807, 2.05) is 70.5 Å². The highest BCUT2D eigenvalue weighted by Gasteiger charge is 2.27. The predicted molar refractivity (Wildman–Crippen MR) is 141 cm³/mol. The fourth-order valence-corrected chi connectivity index (χ4v) is 4.36. The second kappa shape index (κ2) is 14.8. The second-order valence-corrected chi connectivity index (χ2v) is 9.22. The smallest absolute Gasteiger partial charge is 0.328 e. The van der Waals surface area contributed by atoms with Crippen LogP contribution in [0, 0.1) is 0 Å². The van der Waals surface area contributed by atoms with Gasteiger partial charge in [0.05, 0.1) is 27.3 Å². The van der Waals surface area contributed by atoms with Crippen LogP contribution in [0.15, 0.2) is 60.7 Å². The summed E-state index contributed by atoms with van der Waals surface area (Å²) in [6.07, 6.45) is 0.692. The van der Waals surface area contributed by atoms with Crippen molar-refractivity contribution in [1.82, 2.24) is 20.4 Å². The van der Waals surface area contributed by atoms with Crippen LogP contribution < -0.4 is 10.6 Å². The molecular formula is C28H36N4O6. The summed E-state index contributed by atoms with van der Waals surface area (Å²) in [5.41, 5.74) is 1.85. The number of benzene rings is 2. The molecular weight excluding hydrogens is 488 g/mol. The van der Waals surface area contributed by atoms with Gasteiger partial charge in [-0.3, -0.25) is 19.4 Å². The highest BCUT2D eigenvalue weighted by molar-refractivity contribution is 5.86. The molecule has 0 saturated carbocycles. The van der Waals surface area contributed by atoms with Crippen LogP contribution in [0.1, 0.15) is 11.1 Å². The van der Waals surface area contributed by atoms with Crippen molar-refractivity contribution in [3.8, 4) is 0 Å². The third kappa shape index (κ3) is 9.28. The second-order valence-electron chi connectivity index (χ2n) is 9.22. The largest absolute Gasteiger partial charge is 0.467 e. The Hall–Kier alpha value is -3.76. The van der Waals surface area contributed by atoms with E-state index in [-0.39, 0.29) is 24.9 Å². The molecule has 38 heavy (non-hydrogen) atoms. The number of rotatable bonds is 12. The molecule has 1 fully saturated rings. The number of carbonyl (C=O) groups excluding carboxylic acids is 4. The summed E-state index contributed by atoms with van der Waals surface area (Å²) in [6, 6.07) is 17.3. The van der Waals surface area contributed by atoms with Crippen molar-refractivity contribution in [2.45, 2.75) is 24.9 Å². The minimum atomic E-state index is -0.765. The maximum atomic E-state index is 12.7. The van der Waals surface area contributed by atoms with E-state index < -0.39 is 24.0 Å². The van der Waals surface area contributed by atoms with Gasteiger partial charge < -0.3 is 20.1 Å². The van der Waals surface area contributed by atoms with Crippen LogP contribution in [0.2, 0.25) is 0 Å². The van der Waals surface area contributed by atoms with Crippen LogP contribution in [-0.2, 0) is 41.5 Å². The summed E-state index contributed by atoms with van der Waals surface area (Å²) >= 11 is 0. The van der Waals surface area contributed by atoms with Gasteiger partial charge in [-0.2, -0.15) is 0 Å². The van der Waals surface area contributed by atoms with Crippen LogP contribution in [0.25, 0.3) is 0 Å². The number of hydrogen-bond acceptors (Lipinski definition) is 8. The fourth-order valence-electron chi connectivity index (χ4n) is 4.36. The van der Waals surface area contributed by atoms with E-state index in [1.54, 1.807) is 0 Å². The number of carbonyl (C=O) groups is 4. The first-order chi connectivity index (χ1) is 18.4. The third-order valence-electron chi connectivity index (χ3n) is 6.41. The fraction of sp³-hybridized carbons (Fsp3) is 0.429. The molecule has 10 heteroatoms. The molecule has 0 radical (unpaired) electrons. The Morgan fingerprint density at radius 3 is 1.32 bits per heavy atom. The molecule has 1 aliphatic heterocycles. The van der Waals surface area contributed by atoms with Gasteiger partial charge in [-0.15, -0.1) is 0 Å². The van der Waals surface area contributed by atoms with Crippen LogP contribution in [0.5, 0.6) is 0 Å². The molecule has 0 aliphatic carbocycles. The van der Waals surface area contributed by atoms with Gasteiger partial charge >= 0.3 is 11.9 Å². The maximum absolute atomic E-state index is 12.7. The van der Waals surface area contributed by atoms with Crippen molar-refractivity contribution in [2.75, 3.05) is 53.5 Å². The number of piperazine rings is 1. The molecule has 1 aliphatic rings. The molecule has 0 spiro atoms. The van der Waals surface area contributed by atoms with Gasteiger partial charge in [0.15, 0.2) is 0 Å². The van der Waals surface area contributed by atoms with Crippen molar-refractivity contribution < 1.29 is 28.7 Å². The SMILES string of the molecule is COC(=O)[C@H](Cc1ccccc1)NC(=O)CN1CCN(CC(=O)N[C@@H](Cc2ccccc2)C(=O)OC)CC1. The highest BCUT2D eigenvalue weighted by atomic mass is 16.5. The molecule has 3 rings (SSSR count). The molecule has 10 nitrogen and oxygen atoms in total. The van der Waals surface area contributed by atoms with Gasteiger partial charge in [0, 0.05) is 39.0 Å². The van der Waals surface area contributed by atoms with E-state index >= 15 is 0 Å². The van der Waals surface area contributed by atoms with Crippen LogP contribution in [0.4, 0.5) is 0 Å². The summed E-state index contributed by atoms with van der Waals surface area (Å²) in [5.74, 6) is -1.50. The quantitative estimate of drug-likeness (QED) is 0.384. The van der Waals surface area contributed by atoms with Gasteiger partial charge in [-0.25, -0.2) is 9.59 Å². The first-order valence-electron chi connectivity index (χ1n) is 12.6. The lowest BCUT2D eigenvalue weighted by Gasteiger charge is -2.34. The van der Waals surface area contributed by atoms with Crippen LogP contribution in [0.3, 0.4) is 0 Å². The summed E-state index contributed by atoms with van der Waals surface area (Å²) in [6.45, 7) is 2.65. The highest BCUT2D eigenvalue weighted by Crippen LogP contribution is 2.07. The lowest BCUT2D eigenvalue weighted by atomic mass is 10.1. The van der Waals surface area contributed by atoms with E-state index in [2.05, 4.69) is 10.6 Å². The Labute approximate surface area is 223 Å². The molecule has 0 aromatic heterocycles. The van der Waals surface area contributed by atoms with E-state index in [9.17, 15) is 19.2 Å². The van der Waals surface area contributed by atoms with Gasteiger partial charge in [-0.1, -0.05) is 60.7 Å². The third-order valence-corrected chi connectivity index (χ3v) is 6.41. The Morgan fingerprint density at radius 2 is 1.00 bits per heavy atom. The average Bonchev–Trinajstić information content (AvgIpc) is 2.93. The minimum absolute atomic E-state index is 0.143. The zero-order valence-electron chi connectivity index (χ0n) is 21.9. The molecule has 1 saturated heterocycles. The van der Waals surface area contributed by atoms with Crippen LogP contribution >= 0.6 is 0 Å². The van der Waals surface area contributed by atoms with Gasteiger partial charge in [0.2, 0.25) is 11.8 Å². The van der Waals surface area contributed by atoms with E-state index in [1.165, 1.54) is 14.2 Å². The number of nitrogens with zero attached hydrogens (tertiary/aromatic N) is 2. The Bertz CT molecular complexity index is 972. The maximum Gasteiger partial charge on any atom is 0.328 e. The number of hydrogen-bond donors (Lipinski definition) is 2. The predicted octanol–water partition coefficient (Wildman–Crippen LogP) is 0.405. The standard InChI is InChI=1S/C28H36N4O6/c1-37-27(35)23(17-21-9-5-3-6-10-21)29-25(33)19-31-13-15-32(16-14-31)20-26(34)30-24(28(36)38-2)18-22-11-7-4-8-12-22/h3-12,23-24H,13-20H2,1-2H3,(H,29,33)(H,30,34)/t23-,24-/m0/s1. The molecule has 0 unspecified atom stereocenters. The van der Waals surface area contributed by atoms with E-state index in [0.717, 1.165) is 11.1 Å². The normalized spacial score (nSPS) is 15.6. The zero-order valence-corrected chi connectivity index (χ0v) is 21.9. The molecule has 0 bridgehead atoms. The first-order valence-corrected chi connectivity index (χ1v) is 12.6. The minimum Gasteiger partial charge on any atom is -0.467 e. The Balaban J connectivity index is 1.43. The summed E-state index contributed by atoms with van der Waals surface area (Å²) in [4.78, 5) is 53.7. The lowest BCUT2D eigenvalue weighted by Crippen LogP contribution is -2.54. The zero-order chi connectivity index (χ0) is 27.3. The Kier molecular flexibility index (Phi) is 11.3. The van der Waals surface area contributed by atoms with Gasteiger partial charge in [-0.05, 0) is 11.1 Å². The van der Waals surface area contributed by atoms with Crippen molar-refractivity contribution in [3.63, 3.8) is 0 Å². The monoisotopic (exact) mass is 524 g/mol. The van der Waals surface area contributed by atoms with Crippen molar-refractivity contribution in [1.29, 1.82) is 0 Å². The summed E-state index contributed by atoms with van der Waals surface area (Å²) in [5, 5.41) is 5.58. The summed E-state index contributed by atoms with van der Waals surface area (Å²) in [7, 11) is 2.60. The average molecular weight is 525 g/mol. The van der Waals surface area contributed by atoms with Gasteiger partial charge in [0.1, 0.15) is 12.1 Å². The summed E-state index contributed by atoms with van der Waals surface area (Å²) < 4.78 is 9.74. The number of methoxy groups -OCH3 is 2. The molecule has 1 heterocycles. The Morgan fingerprint density at radius 1 is 0.658 bits per heavy atom. The first kappa shape index (κ1) is 28.8. The van der Waals surface area contributed by atoms with Crippen molar-refractivity contribution in [2.24, 2.45) is 0 Å². The van der Waals surface area contributed by atoms with Crippen molar-refractivity contribution in [3.05, 3.63) is 71.8 Å². The topological polar surface area (TPSA) is 117 Å². The number of amides is 2. The van der Waals surface area contributed by atoms with Crippen molar-refractivity contribution >= 4 is 23.8 Å². The molecule has 2 N–H and O–H groups in total. The number of esters is 2. The molecule has 2 aromatic rings.